The Kier molecular flexibility index (Phi) is 5.38. The molecule has 1 fully saturated rings. The molecule has 2 nitrogen and oxygen atoms in total. The minimum atomic E-state index is -4.52. The lowest BCUT2D eigenvalue weighted by molar-refractivity contribution is -0.139. The van der Waals surface area contributed by atoms with Crippen LogP contribution in [-0.4, -0.2) is 19.2 Å². The number of benzene rings is 1. The van der Waals surface area contributed by atoms with E-state index in [1.54, 1.807) is 0 Å². The standard InChI is InChI=1S/C15H19ClF3NO/c1-2-4-12(10-7-8-20-9-10)21-13-6-3-5-11(16)14(13)15(17,18)19/h3,5-6,10,12,20H,2,4,7-9H2,1H3/t10-,12-/m0/s1. The molecule has 6 heteroatoms. The second-order valence-corrected chi connectivity index (χ2v) is 5.72. The van der Waals surface area contributed by atoms with Gasteiger partial charge in [0.2, 0.25) is 0 Å². The number of halogens is 4. The lowest BCUT2D eigenvalue weighted by atomic mass is 9.97. The third-order valence-electron chi connectivity index (χ3n) is 3.73. The Morgan fingerprint density at radius 3 is 2.76 bits per heavy atom. The van der Waals surface area contributed by atoms with Gasteiger partial charge in [-0.3, -0.25) is 0 Å². The van der Waals surface area contributed by atoms with Crippen LogP contribution in [0.2, 0.25) is 5.02 Å². The Morgan fingerprint density at radius 2 is 2.19 bits per heavy atom. The number of alkyl halides is 3. The molecule has 1 heterocycles. The third kappa shape index (κ3) is 4.04. The fraction of sp³-hybridized carbons (Fsp3) is 0.600. The fourth-order valence-corrected chi connectivity index (χ4v) is 2.98. The Hall–Kier alpha value is -0.940. The summed E-state index contributed by atoms with van der Waals surface area (Å²) in [5.41, 5.74) is -0.876. The van der Waals surface area contributed by atoms with E-state index < -0.39 is 11.7 Å². The zero-order valence-electron chi connectivity index (χ0n) is 11.8. The van der Waals surface area contributed by atoms with Crippen LogP contribution in [-0.2, 0) is 6.18 Å². The van der Waals surface area contributed by atoms with Crippen molar-refractivity contribution in [3.63, 3.8) is 0 Å². The molecule has 0 unspecified atom stereocenters. The number of rotatable bonds is 5. The summed E-state index contributed by atoms with van der Waals surface area (Å²) in [6.07, 6.45) is -2.21. The molecule has 0 amide bonds. The summed E-state index contributed by atoms with van der Waals surface area (Å²) in [5, 5.41) is 2.91. The molecule has 0 bridgehead atoms. The van der Waals surface area contributed by atoms with Crippen molar-refractivity contribution >= 4 is 11.6 Å². The number of hydrogen-bond acceptors (Lipinski definition) is 2. The molecule has 2 atom stereocenters. The van der Waals surface area contributed by atoms with Gasteiger partial charge in [-0.1, -0.05) is 31.0 Å². The van der Waals surface area contributed by atoms with Gasteiger partial charge >= 0.3 is 6.18 Å². The maximum absolute atomic E-state index is 13.1. The predicted octanol–water partition coefficient (Wildman–Crippen LogP) is 4.52. The summed E-state index contributed by atoms with van der Waals surface area (Å²) in [7, 11) is 0. The lowest BCUT2D eigenvalue weighted by Gasteiger charge is -2.26. The largest absolute Gasteiger partial charge is 0.489 e. The van der Waals surface area contributed by atoms with Crippen molar-refractivity contribution < 1.29 is 17.9 Å². The highest BCUT2D eigenvalue weighted by atomic mass is 35.5. The first kappa shape index (κ1) is 16.4. The Labute approximate surface area is 127 Å². The van der Waals surface area contributed by atoms with Gasteiger partial charge in [0.15, 0.2) is 0 Å². The van der Waals surface area contributed by atoms with E-state index in [4.69, 9.17) is 16.3 Å². The number of hydrogen-bond donors (Lipinski definition) is 1. The van der Waals surface area contributed by atoms with E-state index in [2.05, 4.69) is 5.32 Å². The summed E-state index contributed by atoms with van der Waals surface area (Å²) in [6, 6.07) is 4.08. The molecule has 118 valence electrons. The second kappa shape index (κ2) is 6.88. The monoisotopic (exact) mass is 321 g/mol. The van der Waals surface area contributed by atoms with E-state index >= 15 is 0 Å². The molecule has 1 N–H and O–H groups in total. The van der Waals surface area contributed by atoms with E-state index in [0.29, 0.717) is 0 Å². The number of nitrogens with one attached hydrogen (secondary N) is 1. The van der Waals surface area contributed by atoms with Crippen molar-refractivity contribution in [2.45, 2.75) is 38.5 Å². The summed E-state index contributed by atoms with van der Waals surface area (Å²) in [6.45, 7) is 3.67. The highest BCUT2D eigenvalue weighted by molar-refractivity contribution is 6.31. The normalized spacial score (nSPS) is 20.5. The summed E-state index contributed by atoms with van der Waals surface area (Å²) in [4.78, 5) is 0. The van der Waals surface area contributed by atoms with E-state index in [0.717, 1.165) is 32.4 Å². The molecule has 1 saturated heterocycles. The molecule has 1 aliphatic rings. The Balaban J connectivity index is 2.26. The first-order valence-corrected chi connectivity index (χ1v) is 7.54. The highest BCUT2D eigenvalue weighted by Crippen LogP contribution is 2.41. The van der Waals surface area contributed by atoms with Gasteiger partial charge in [-0.25, -0.2) is 0 Å². The molecular formula is C15H19ClF3NO. The van der Waals surface area contributed by atoms with Crippen LogP contribution < -0.4 is 10.1 Å². The number of ether oxygens (including phenoxy) is 1. The van der Waals surface area contributed by atoms with Crippen molar-refractivity contribution in [1.82, 2.24) is 5.32 Å². The van der Waals surface area contributed by atoms with Crippen LogP contribution in [0, 0.1) is 5.92 Å². The van der Waals surface area contributed by atoms with Crippen LogP contribution >= 0.6 is 11.6 Å². The van der Waals surface area contributed by atoms with Crippen LogP contribution in [0.4, 0.5) is 13.2 Å². The van der Waals surface area contributed by atoms with Gasteiger partial charge in [0, 0.05) is 12.5 Å². The Bertz CT molecular complexity index is 472. The maximum Gasteiger partial charge on any atom is 0.421 e. The highest BCUT2D eigenvalue weighted by Gasteiger charge is 2.38. The molecular weight excluding hydrogens is 303 g/mol. The van der Waals surface area contributed by atoms with Gasteiger partial charge in [-0.2, -0.15) is 13.2 Å². The second-order valence-electron chi connectivity index (χ2n) is 5.31. The summed E-state index contributed by atoms with van der Waals surface area (Å²) >= 11 is 5.72. The average molecular weight is 322 g/mol. The SMILES string of the molecule is CCC[C@H](Oc1cccc(Cl)c1C(F)(F)F)[C@H]1CCNC1. The van der Waals surface area contributed by atoms with Crippen LogP contribution in [0.5, 0.6) is 5.75 Å². The maximum atomic E-state index is 13.1. The van der Waals surface area contributed by atoms with E-state index in [1.165, 1.54) is 18.2 Å². The van der Waals surface area contributed by atoms with Crippen molar-refractivity contribution in [3.05, 3.63) is 28.8 Å². The molecule has 0 saturated carbocycles. The van der Waals surface area contributed by atoms with E-state index in [9.17, 15) is 13.2 Å². The van der Waals surface area contributed by atoms with Crippen molar-refractivity contribution in [2.24, 2.45) is 5.92 Å². The molecule has 0 aliphatic carbocycles. The van der Waals surface area contributed by atoms with Gasteiger partial charge in [0.1, 0.15) is 17.4 Å². The van der Waals surface area contributed by atoms with Crippen molar-refractivity contribution in [1.29, 1.82) is 0 Å². The van der Waals surface area contributed by atoms with Crippen molar-refractivity contribution in [2.75, 3.05) is 13.1 Å². The van der Waals surface area contributed by atoms with Crippen LogP contribution in [0.25, 0.3) is 0 Å². The zero-order valence-corrected chi connectivity index (χ0v) is 12.6. The van der Waals surface area contributed by atoms with Crippen LogP contribution in [0.15, 0.2) is 18.2 Å². The molecule has 0 radical (unpaired) electrons. The van der Waals surface area contributed by atoms with Gasteiger partial charge < -0.3 is 10.1 Å². The smallest absolute Gasteiger partial charge is 0.421 e. The first-order chi connectivity index (χ1) is 9.93. The molecule has 2 rings (SSSR count). The van der Waals surface area contributed by atoms with Gasteiger partial charge in [-0.05, 0) is 31.5 Å². The molecule has 1 aromatic rings. The topological polar surface area (TPSA) is 21.3 Å². The van der Waals surface area contributed by atoms with Gasteiger partial charge in [0.25, 0.3) is 0 Å². The van der Waals surface area contributed by atoms with E-state index in [-0.39, 0.29) is 22.8 Å². The average Bonchev–Trinajstić information content (AvgIpc) is 2.90. The van der Waals surface area contributed by atoms with Crippen LogP contribution in [0.3, 0.4) is 0 Å². The molecule has 1 aliphatic heterocycles. The zero-order chi connectivity index (χ0) is 15.5. The van der Waals surface area contributed by atoms with Gasteiger partial charge in [0.05, 0.1) is 5.02 Å². The third-order valence-corrected chi connectivity index (χ3v) is 4.05. The predicted molar refractivity (Wildman–Crippen MR) is 76.8 cm³/mol. The molecule has 1 aromatic carbocycles. The van der Waals surface area contributed by atoms with E-state index in [1.807, 2.05) is 6.92 Å². The quantitative estimate of drug-likeness (QED) is 0.861. The van der Waals surface area contributed by atoms with Crippen molar-refractivity contribution in [3.8, 4) is 5.75 Å². The minimum absolute atomic E-state index is 0.166. The minimum Gasteiger partial charge on any atom is -0.489 e. The molecule has 0 aromatic heterocycles. The first-order valence-electron chi connectivity index (χ1n) is 7.16. The lowest BCUT2D eigenvalue weighted by Crippen LogP contribution is -2.29. The molecule has 0 spiro atoms. The summed E-state index contributed by atoms with van der Waals surface area (Å²) in [5.74, 6) is 0.0744. The Morgan fingerprint density at radius 1 is 1.43 bits per heavy atom. The molecule has 21 heavy (non-hydrogen) atoms. The van der Waals surface area contributed by atoms with Crippen LogP contribution in [0.1, 0.15) is 31.7 Å². The fourth-order valence-electron chi connectivity index (χ4n) is 2.71. The van der Waals surface area contributed by atoms with Gasteiger partial charge in [-0.15, -0.1) is 0 Å². The summed E-state index contributed by atoms with van der Waals surface area (Å²) < 4.78 is 45.2.